The molecule has 4 heterocycles. The van der Waals surface area contributed by atoms with Crippen LogP contribution in [0.5, 0.6) is 5.88 Å². The number of aromatic nitrogens is 3. The summed E-state index contributed by atoms with van der Waals surface area (Å²) in [4.78, 5) is 6.73. The number of pyridine rings is 1. The summed E-state index contributed by atoms with van der Waals surface area (Å²) in [6.07, 6.45) is 9.10. The van der Waals surface area contributed by atoms with Crippen molar-refractivity contribution in [3.63, 3.8) is 0 Å². The third-order valence-corrected chi connectivity index (χ3v) is 4.88. The summed E-state index contributed by atoms with van der Waals surface area (Å²) < 4.78 is 14.1. The van der Waals surface area contributed by atoms with E-state index in [0.717, 1.165) is 38.9 Å². The minimum atomic E-state index is -0.0695. The standard InChI is InChI=1S/C18H24N4O2/c1-21-11-15(10-20-21)12-22-8-4-6-18(14-22)9-16(13-23-18)24-17-5-2-3-7-19-17/h2-3,5,7,10-11,16H,4,6,8-9,12-14H2,1H3/t16-,18+/m1/s1. The van der Waals surface area contributed by atoms with Crippen LogP contribution in [0, 0.1) is 0 Å². The molecule has 0 amide bonds. The van der Waals surface area contributed by atoms with Crippen molar-refractivity contribution in [1.82, 2.24) is 19.7 Å². The Morgan fingerprint density at radius 1 is 1.42 bits per heavy atom. The van der Waals surface area contributed by atoms with Crippen LogP contribution in [0.3, 0.4) is 0 Å². The van der Waals surface area contributed by atoms with Crippen molar-refractivity contribution >= 4 is 0 Å². The molecule has 0 bridgehead atoms. The molecule has 2 aromatic heterocycles. The fourth-order valence-corrected chi connectivity index (χ4v) is 3.89. The zero-order valence-electron chi connectivity index (χ0n) is 14.1. The minimum absolute atomic E-state index is 0.0695. The Morgan fingerprint density at radius 2 is 2.38 bits per heavy atom. The predicted molar refractivity (Wildman–Crippen MR) is 89.7 cm³/mol. The van der Waals surface area contributed by atoms with Gasteiger partial charge < -0.3 is 9.47 Å². The Morgan fingerprint density at radius 3 is 3.17 bits per heavy atom. The average Bonchev–Trinajstić information content (AvgIpc) is 3.15. The van der Waals surface area contributed by atoms with Crippen LogP contribution in [0.25, 0.3) is 0 Å². The third kappa shape index (κ3) is 3.44. The zero-order valence-corrected chi connectivity index (χ0v) is 14.1. The Hall–Kier alpha value is -1.92. The number of rotatable bonds is 4. The van der Waals surface area contributed by atoms with Gasteiger partial charge >= 0.3 is 0 Å². The van der Waals surface area contributed by atoms with Crippen molar-refractivity contribution in [3.05, 3.63) is 42.4 Å². The van der Waals surface area contributed by atoms with Gasteiger partial charge in [-0.1, -0.05) is 6.07 Å². The molecule has 0 unspecified atom stereocenters. The van der Waals surface area contributed by atoms with Crippen molar-refractivity contribution in [2.45, 2.75) is 37.5 Å². The summed E-state index contributed by atoms with van der Waals surface area (Å²) in [5.41, 5.74) is 1.19. The van der Waals surface area contributed by atoms with Crippen LogP contribution in [0.15, 0.2) is 36.8 Å². The number of piperidine rings is 1. The first-order valence-electron chi connectivity index (χ1n) is 8.62. The van der Waals surface area contributed by atoms with Crippen molar-refractivity contribution in [3.8, 4) is 5.88 Å². The number of aryl methyl sites for hydroxylation is 1. The summed E-state index contributed by atoms with van der Waals surface area (Å²) >= 11 is 0. The van der Waals surface area contributed by atoms with E-state index in [-0.39, 0.29) is 11.7 Å². The summed E-state index contributed by atoms with van der Waals surface area (Å²) in [7, 11) is 1.96. The molecule has 2 aliphatic heterocycles. The molecule has 2 atom stereocenters. The van der Waals surface area contributed by atoms with Gasteiger partial charge in [-0.15, -0.1) is 0 Å². The first kappa shape index (κ1) is 15.6. The molecular weight excluding hydrogens is 304 g/mol. The first-order chi connectivity index (χ1) is 11.7. The zero-order chi connectivity index (χ0) is 16.4. The predicted octanol–water partition coefficient (Wildman–Crippen LogP) is 2.02. The van der Waals surface area contributed by atoms with Crippen LogP contribution in [-0.4, -0.2) is 51.1 Å². The van der Waals surface area contributed by atoms with E-state index < -0.39 is 0 Å². The van der Waals surface area contributed by atoms with E-state index in [4.69, 9.17) is 9.47 Å². The van der Waals surface area contributed by atoms with Gasteiger partial charge in [-0.25, -0.2) is 4.98 Å². The van der Waals surface area contributed by atoms with Crippen LogP contribution < -0.4 is 4.74 Å². The molecule has 24 heavy (non-hydrogen) atoms. The van der Waals surface area contributed by atoms with Gasteiger partial charge in [0.25, 0.3) is 0 Å². The minimum Gasteiger partial charge on any atom is -0.472 e. The maximum Gasteiger partial charge on any atom is 0.213 e. The van der Waals surface area contributed by atoms with E-state index >= 15 is 0 Å². The Balaban J connectivity index is 1.36. The van der Waals surface area contributed by atoms with Gasteiger partial charge in [0.2, 0.25) is 5.88 Å². The molecule has 0 N–H and O–H groups in total. The number of hydrogen-bond acceptors (Lipinski definition) is 5. The lowest BCUT2D eigenvalue weighted by Crippen LogP contribution is -2.47. The lowest BCUT2D eigenvalue weighted by atomic mass is 9.89. The molecule has 128 valence electrons. The highest BCUT2D eigenvalue weighted by atomic mass is 16.6. The second-order valence-corrected chi connectivity index (χ2v) is 6.94. The molecule has 0 radical (unpaired) electrons. The van der Waals surface area contributed by atoms with Crippen LogP contribution in [-0.2, 0) is 18.3 Å². The van der Waals surface area contributed by atoms with E-state index in [1.165, 1.54) is 5.56 Å². The van der Waals surface area contributed by atoms with Crippen LogP contribution in [0.1, 0.15) is 24.8 Å². The molecule has 4 rings (SSSR count). The van der Waals surface area contributed by atoms with Gasteiger partial charge in [-0.2, -0.15) is 5.10 Å². The summed E-state index contributed by atoms with van der Waals surface area (Å²) in [5, 5.41) is 4.26. The smallest absolute Gasteiger partial charge is 0.213 e. The van der Waals surface area contributed by atoms with E-state index in [1.807, 2.05) is 36.1 Å². The third-order valence-electron chi connectivity index (χ3n) is 4.88. The lowest BCUT2D eigenvalue weighted by molar-refractivity contribution is -0.0538. The molecule has 2 aliphatic rings. The van der Waals surface area contributed by atoms with E-state index in [2.05, 4.69) is 21.2 Å². The SMILES string of the molecule is Cn1cc(CN2CCC[C@]3(C[C@@H](Oc4ccccn4)CO3)C2)cn1. The molecule has 2 fully saturated rings. The lowest BCUT2D eigenvalue weighted by Gasteiger charge is -2.39. The summed E-state index contributed by atoms with van der Waals surface area (Å²) in [6.45, 7) is 3.66. The molecule has 0 aliphatic carbocycles. The normalized spacial score (nSPS) is 27.6. The largest absolute Gasteiger partial charge is 0.472 e. The fourth-order valence-electron chi connectivity index (χ4n) is 3.89. The number of likely N-dealkylation sites (tertiary alicyclic amines) is 1. The van der Waals surface area contributed by atoms with Gasteiger partial charge in [0.05, 0.1) is 18.4 Å². The van der Waals surface area contributed by atoms with Crippen LogP contribution >= 0.6 is 0 Å². The molecule has 0 saturated carbocycles. The van der Waals surface area contributed by atoms with Crippen molar-refractivity contribution in [1.29, 1.82) is 0 Å². The number of nitrogens with zero attached hydrogens (tertiary/aromatic N) is 4. The molecule has 0 aromatic carbocycles. The fraction of sp³-hybridized carbons (Fsp3) is 0.556. The van der Waals surface area contributed by atoms with Crippen LogP contribution in [0.4, 0.5) is 0 Å². The van der Waals surface area contributed by atoms with Crippen molar-refractivity contribution in [2.24, 2.45) is 7.05 Å². The summed E-state index contributed by atoms with van der Waals surface area (Å²) in [5.74, 6) is 0.686. The summed E-state index contributed by atoms with van der Waals surface area (Å²) in [6, 6.07) is 5.75. The molecule has 2 saturated heterocycles. The van der Waals surface area contributed by atoms with Crippen molar-refractivity contribution in [2.75, 3.05) is 19.7 Å². The first-order valence-corrected chi connectivity index (χ1v) is 8.62. The number of ether oxygens (including phenoxy) is 2. The molecule has 2 aromatic rings. The number of hydrogen-bond donors (Lipinski definition) is 0. The average molecular weight is 328 g/mol. The Labute approximate surface area is 142 Å². The molecular formula is C18H24N4O2. The monoisotopic (exact) mass is 328 g/mol. The Bertz CT molecular complexity index is 675. The van der Waals surface area contributed by atoms with Gasteiger partial charge in [0.15, 0.2) is 0 Å². The van der Waals surface area contributed by atoms with E-state index in [1.54, 1.807) is 6.20 Å². The van der Waals surface area contributed by atoms with E-state index in [9.17, 15) is 0 Å². The quantitative estimate of drug-likeness (QED) is 0.859. The highest BCUT2D eigenvalue weighted by molar-refractivity contribution is 5.11. The molecule has 6 nitrogen and oxygen atoms in total. The topological polar surface area (TPSA) is 52.4 Å². The van der Waals surface area contributed by atoms with Gasteiger partial charge in [0, 0.05) is 50.6 Å². The molecule has 6 heteroatoms. The van der Waals surface area contributed by atoms with Crippen molar-refractivity contribution < 1.29 is 9.47 Å². The Kier molecular flexibility index (Phi) is 4.24. The highest BCUT2D eigenvalue weighted by Crippen LogP contribution is 2.36. The maximum absolute atomic E-state index is 6.22. The second kappa shape index (κ2) is 6.53. The van der Waals surface area contributed by atoms with Crippen LogP contribution in [0.2, 0.25) is 0 Å². The van der Waals surface area contributed by atoms with Gasteiger partial charge in [-0.3, -0.25) is 9.58 Å². The molecule has 1 spiro atoms. The highest BCUT2D eigenvalue weighted by Gasteiger charge is 2.44. The second-order valence-electron chi connectivity index (χ2n) is 6.94. The van der Waals surface area contributed by atoms with Gasteiger partial charge in [0.1, 0.15) is 6.10 Å². The van der Waals surface area contributed by atoms with Gasteiger partial charge in [-0.05, 0) is 25.5 Å². The maximum atomic E-state index is 6.22. The van der Waals surface area contributed by atoms with E-state index in [0.29, 0.717) is 12.5 Å².